The zero-order valence-corrected chi connectivity index (χ0v) is 6.61. The van der Waals surface area contributed by atoms with Gasteiger partial charge < -0.3 is 15.1 Å². The number of aliphatic hydroxyl groups excluding tert-OH is 2. The van der Waals surface area contributed by atoms with Crippen molar-refractivity contribution in [3.63, 3.8) is 0 Å². The molecule has 0 aromatic rings. The number of hydrogen-bond acceptors (Lipinski definition) is 3. The molecule has 2 radical (unpaired) electrons. The standard InChI is InChI=1S/C8H15NO2/c1-7-2-3-9(4-7)5-8(11)6-10/h1,7-8,10-11H,2-6H2. The SMILES string of the molecule is [CH]C1CCN(CC(O)CO)C1. The molecule has 1 heterocycles. The number of nitrogens with zero attached hydrogens (tertiary/aromatic N) is 1. The molecule has 11 heavy (non-hydrogen) atoms. The molecular weight excluding hydrogens is 142 g/mol. The van der Waals surface area contributed by atoms with E-state index >= 15 is 0 Å². The molecular formula is C8H15NO2. The molecule has 3 nitrogen and oxygen atoms in total. The molecule has 1 saturated heterocycles. The number of aliphatic hydroxyl groups is 2. The summed E-state index contributed by atoms with van der Waals surface area (Å²) in [6.45, 7) is 7.83. The van der Waals surface area contributed by atoms with Crippen LogP contribution in [0.1, 0.15) is 6.42 Å². The van der Waals surface area contributed by atoms with E-state index in [1.54, 1.807) is 0 Å². The largest absolute Gasteiger partial charge is 0.394 e. The molecule has 2 atom stereocenters. The van der Waals surface area contributed by atoms with E-state index in [-0.39, 0.29) is 12.5 Å². The molecule has 0 aromatic carbocycles. The molecule has 0 spiro atoms. The summed E-state index contributed by atoms with van der Waals surface area (Å²) in [5, 5.41) is 17.6. The molecule has 3 heteroatoms. The van der Waals surface area contributed by atoms with Gasteiger partial charge in [0.2, 0.25) is 0 Å². The second-order valence-corrected chi connectivity index (χ2v) is 3.14. The molecule has 0 aromatic heterocycles. The van der Waals surface area contributed by atoms with Crippen LogP contribution >= 0.6 is 0 Å². The first kappa shape index (κ1) is 8.97. The minimum atomic E-state index is -0.611. The Kier molecular flexibility index (Phi) is 3.30. The molecule has 1 rings (SSSR count). The van der Waals surface area contributed by atoms with Gasteiger partial charge in [-0.2, -0.15) is 0 Å². The lowest BCUT2D eigenvalue weighted by molar-refractivity contribution is 0.0655. The van der Waals surface area contributed by atoms with E-state index < -0.39 is 6.10 Å². The first-order chi connectivity index (χ1) is 5.22. The van der Waals surface area contributed by atoms with Crippen molar-refractivity contribution in [1.82, 2.24) is 4.90 Å². The lowest BCUT2D eigenvalue weighted by Gasteiger charge is -2.17. The van der Waals surface area contributed by atoms with Crippen LogP contribution in [0.3, 0.4) is 0 Å². The molecule has 2 N–H and O–H groups in total. The van der Waals surface area contributed by atoms with Crippen molar-refractivity contribution in [2.75, 3.05) is 26.2 Å². The quantitative estimate of drug-likeness (QED) is 0.573. The summed E-state index contributed by atoms with van der Waals surface area (Å²) in [5.74, 6) is 0.251. The van der Waals surface area contributed by atoms with Gasteiger partial charge in [-0.25, -0.2) is 0 Å². The highest BCUT2D eigenvalue weighted by Gasteiger charge is 2.20. The van der Waals surface area contributed by atoms with Gasteiger partial charge in [-0.1, -0.05) is 0 Å². The third kappa shape index (κ3) is 2.77. The summed E-state index contributed by atoms with van der Waals surface area (Å²) in [6, 6.07) is 0. The van der Waals surface area contributed by atoms with E-state index in [4.69, 9.17) is 17.1 Å². The topological polar surface area (TPSA) is 43.7 Å². The third-order valence-corrected chi connectivity index (χ3v) is 1.99. The van der Waals surface area contributed by atoms with Crippen LogP contribution in [0.25, 0.3) is 0 Å². The summed E-state index contributed by atoms with van der Waals surface area (Å²) in [7, 11) is 0. The molecule has 0 aliphatic carbocycles. The van der Waals surface area contributed by atoms with E-state index in [0.717, 1.165) is 19.5 Å². The second kappa shape index (κ2) is 4.04. The van der Waals surface area contributed by atoms with Gasteiger partial charge in [-0.3, -0.25) is 0 Å². The van der Waals surface area contributed by atoms with Gasteiger partial charge in [-0.05, 0) is 25.8 Å². The average molecular weight is 157 g/mol. The maximum absolute atomic E-state index is 9.07. The van der Waals surface area contributed by atoms with Crippen molar-refractivity contribution in [1.29, 1.82) is 0 Å². The second-order valence-electron chi connectivity index (χ2n) is 3.14. The summed E-state index contributed by atoms with van der Waals surface area (Å²) in [5.41, 5.74) is 0. The van der Waals surface area contributed by atoms with Crippen molar-refractivity contribution < 1.29 is 10.2 Å². The van der Waals surface area contributed by atoms with Crippen molar-refractivity contribution in [2.24, 2.45) is 5.92 Å². The van der Waals surface area contributed by atoms with Crippen molar-refractivity contribution in [2.45, 2.75) is 12.5 Å². The zero-order valence-electron chi connectivity index (χ0n) is 6.61. The highest BCUT2D eigenvalue weighted by molar-refractivity contribution is 4.78. The van der Waals surface area contributed by atoms with Crippen LogP contribution in [0.15, 0.2) is 0 Å². The molecule has 0 saturated carbocycles. The molecule has 1 fully saturated rings. The van der Waals surface area contributed by atoms with E-state index in [1.807, 2.05) is 0 Å². The van der Waals surface area contributed by atoms with Gasteiger partial charge in [0.15, 0.2) is 0 Å². The van der Waals surface area contributed by atoms with E-state index in [0.29, 0.717) is 6.54 Å². The minimum absolute atomic E-state index is 0.161. The predicted octanol–water partition coefficient (Wildman–Crippen LogP) is -0.627. The van der Waals surface area contributed by atoms with Gasteiger partial charge in [0.05, 0.1) is 12.7 Å². The fraction of sp³-hybridized carbons (Fsp3) is 0.875. The van der Waals surface area contributed by atoms with Gasteiger partial charge in [0.25, 0.3) is 0 Å². The summed E-state index contributed by atoms with van der Waals surface area (Å²) < 4.78 is 0. The highest BCUT2D eigenvalue weighted by Crippen LogP contribution is 2.14. The Balaban J connectivity index is 2.17. The van der Waals surface area contributed by atoms with Crippen molar-refractivity contribution >= 4 is 0 Å². The Morgan fingerprint density at radius 1 is 1.64 bits per heavy atom. The number of β-amino-alcohol motifs (C(OH)–C–C–N with tert-alkyl or cyclic N) is 1. The van der Waals surface area contributed by atoms with Crippen LogP contribution in [0.5, 0.6) is 0 Å². The third-order valence-electron chi connectivity index (χ3n) is 1.99. The lowest BCUT2D eigenvalue weighted by Crippen LogP contribution is -2.32. The van der Waals surface area contributed by atoms with Crippen LogP contribution in [0, 0.1) is 12.8 Å². The van der Waals surface area contributed by atoms with E-state index in [1.165, 1.54) is 0 Å². The maximum Gasteiger partial charge on any atom is 0.0897 e. The minimum Gasteiger partial charge on any atom is -0.394 e. The van der Waals surface area contributed by atoms with Crippen LogP contribution in [0.4, 0.5) is 0 Å². The number of rotatable bonds is 3. The van der Waals surface area contributed by atoms with Gasteiger partial charge >= 0.3 is 0 Å². The van der Waals surface area contributed by atoms with Crippen LogP contribution in [-0.2, 0) is 0 Å². The summed E-state index contributed by atoms with van der Waals surface area (Å²) in [6.07, 6.45) is 0.387. The molecule has 1 aliphatic heterocycles. The summed E-state index contributed by atoms with van der Waals surface area (Å²) >= 11 is 0. The first-order valence-electron chi connectivity index (χ1n) is 3.99. The van der Waals surface area contributed by atoms with Crippen molar-refractivity contribution in [3.05, 3.63) is 6.92 Å². The maximum atomic E-state index is 9.07. The van der Waals surface area contributed by atoms with Gasteiger partial charge in [0.1, 0.15) is 0 Å². The zero-order chi connectivity index (χ0) is 8.27. The molecule has 1 aliphatic rings. The Bertz CT molecular complexity index is 119. The Labute approximate surface area is 67.6 Å². The van der Waals surface area contributed by atoms with E-state index in [2.05, 4.69) is 4.90 Å². The Hall–Kier alpha value is -0.120. The fourth-order valence-corrected chi connectivity index (χ4v) is 1.38. The monoisotopic (exact) mass is 157 g/mol. The normalized spacial score (nSPS) is 29.2. The van der Waals surface area contributed by atoms with Gasteiger partial charge in [-0.15, -0.1) is 0 Å². The fourth-order valence-electron chi connectivity index (χ4n) is 1.38. The summed E-state index contributed by atoms with van der Waals surface area (Å²) in [4.78, 5) is 2.07. The van der Waals surface area contributed by atoms with E-state index in [9.17, 15) is 0 Å². The molecule has 0 bridgehead atoms. The van der Waals surface area contributed by atoms with Crippen LogP contribution in [-0.4, -0.2) is 47.5 Å². The first-order valence-corrected chi connectivity index (χ1v) is 3.99. The Morgan fingerprint density at radius 2 is 2.36 bits per heavy atom. The molecule has 0 amide bonds. The van der Waals surface area contributed by atoms with Crippen molar-refractivity contribution in [3.8, 4) is 0 Å². The lowest BCUT2D eigenvalue weighted by atomic mass is 10.2. The highest BCUT2D eigenvalue weighted by atomic mass is 16.3. The smallest absolute Gasteiger partial charge is 0.0897 e. The molecule has 2 unspecified atom stereocenters. The average Bonchev–Trinajstić information content (AvgIpc) is 2.35. The van der Waals surface area contributed by atoms with Gasteiger partial charge in [0, 0.05) is 13.1 Å². The predicted molar refractivity (Wildman–Crippen MR) is 41.9 cm³/mol. The Morgan fingerprint density at radius 3 is 2.82 bits per heavy atom. The number of hydrogen-bond donors (Lipinski definition) is 2. The number of likely N-dealkylation sites (tertiary alicyclic amines) is 1. The molecule has 64 valence electrons. The van der Waals surface area contributed by atoms with Crippen LogP contribution in [0.2, 0.25) is 0 Å². The van der Waals surface area contributed by atoms with Crippen LogP contribution < -0.4 is 0 Å².